The number of nitrogens with one attached hydrogen (secondary N) is 1. The lowest BCUT2D eigenvalue weighted by Gasteiger charge is -2.24. The van der Waals surface area contributed by atoms with Gasteiger partial charge >= 0.3 is 5.97 Å². The van der Waals surface area contributed by atoms with Crippen LogP contribution in [0.2, 0.25) is 0 Å². The number of aromatic amines is 1. The van der Waals surface area contributed by atoms with Crippen molar-refractivity contribution in [2.45, 2.75) is 25.4 Å². The third-order valence-corrected chi connectivity index (χ3v) is 4.15. The summed E-state index contributed by atoms with van der Waals surface area (Å²) in [6, 6.07) is 5.41. The molecule has 1 unspecified atom stereocenters. The summed E-state index contributed by atoms with van der Waals surface area (Å²) in [5.74, 6) is -0.443. The number of methoxy groups -OCH3 is 2. The van der Waals surface area contributed by atoms with Crippen LogP contribution in [0.25, 0.3) is 10.9 Å². The maximum atomic E-state index is 12.3. The summed E-state index contributed by atoms with van der Waals surface area (Å²) < 4.78 is 10.1. The SMILES string of the molecule is COC(=O)c1cccc2c3c(c(=O)[nH]c12)CC(OC)CC3. The molecule has 0 fully saturated rings. The molecule has 21 heavy (non-hydrogen) atoms. The Hall–Kier alpha value is -2.14. The highest BCUT2D eigenvalue weighted by molar-refractivity contribution is 6.03. The molecule has 0 saturated heterocycles. The van der Waals surface area contributed by atoms with Crippen molar-refractivity contribution in [2.24, 2.45) is 0 Å². The van der Waals surface area contributed by atoms with E-state index in [2.05, 4.69) is 4.98 Å². The Morgan fingerprint density at radius 3 is 2.81 bits per heavy atom. The van der Waals surface area contributed by atoms with Crippen LogP contribution in [0.15, 0.2) is 23.0 Å². The van der Waals surface area contributed by atoms with E-state index < -0.39 is 5.97 Å². The second kappa shape index (κ2) is 5.33. The molecule has 1 aliphatic rings. The summed E-state index contributed by atoms with van der Waals surface area (Å²) in [5.41, 5.74) is 2.60. The van der Waals surface area contributed by atoms with Gasteiger partial charge in [0.05, 0.1) is 24.3 Å². The summed E-state index contributed by atoms with van der Waals surface area (Å²) in [7, 11) is 3.00. The number of aromatic nitrogens is 1. The number of hydrogen-bond donors (Lipinski definition) is 1. The van der Waals surface area contributed by atoms with Gasteiger partial charge in [-0.25, -0.2) is 4.79 Å². The molecule has 110 valence electrons. The zero-order valence-corrected chi connectivity index (χ0v) is 12.1. The zero-order valence-electron chi connectivity index (χ0n) is 12.1. The number of pyridine rings is 1. The molecule has 1 aliphatic carbocycles. The van der Waals surface area contributed by atoms with Crippen LogP contribution in [0, 0.1) is 0 Å². The number of rotatable bonds is 2. The smallest absolute Gasteiger partial charge is 0.339 e. The molecular formula is C16H17NO4. The Bertz CT molecular complexity index is 763. The van der Waals surface area contributed by atoms with Crippen LogP contribution in [-0.4, -0.2) is 31.3 Å². The summed E-state index contributed by atoms with van der Waals surface area (Å²) >= 11 is 0. The predicted octanol–water partition coefficient (Wildman–Crippen LogP) is 1.82. The first-order valence-corrected chi connectivity index (χ1v) is 6.93. The van der Waals surface area contributed by atoms with E-state index in [-0.39, 0.29) is 11.7 Å². The maximum Gasteiger partial charge on any atom is 0.339 e. The van der Waals surface area contributed by atoms with Crippen molar-refractivity contribution in [2.75, 3.05) is 14.2 Å². The standard InChI is InChI=1S/C16H17NO4/c1-20-9-6-7-10-11-4-3-5-12(16(19)21-2)14(11)17-15(18)13(10)8-9/h3-5,9H,6-8H2,1-2H3,(H,17,18). The van der Waals surface area contributed by atoms with Gasteiger partial charge in [0, 0.05) is 24.5 Å². The molecule has 1 aromatic carbocycles. The van der Waals surface area contributed by atoms with Crippen molar-refractivity contribution in [3.8, 4) is 0 Å². The van der Waals surface area contributed by atoms with Crippen molar-refractivity contribution in [1.29, 1.82) is 0 Å². The van der Waals surface area contributed by atoms with Gasteiger partial charge in [-0.15, -0.1) is 0 Å². The Morgan fingerprint density at radius 2 is 2.10 bits per heavy atom. The van der Waals surface area contributed by atoms with E-state index in [0.717, 1.165) is 29.4 Å². The van der Waals surface area contributed by atoms with E-state index in [1.54, 1.807) is 13.2 Å². The maximum absolute atomic E-state index is 12.3. The van der Waals surface area contributed by atoms with Gasteiger partial charge < -0.3 is 14.5 Å². The molecule has 1 atom stereocenters. The molecule has 1 heterocycles. The van der Waals surface area contributed by atoms with Crippen molar-refractivity contribution in [3.63, 3.8) is 0 Å². The van der Waals surface area contributed by atoms with Gasteiger partial charge in [-0.1, -0.05) is 12.1 Å². The minimum Gasteiger partial charge on any atom is -0.465 e. The molecule has 0 saturated carbocycles. The van der Waals surface area contributed by atoms with Crippen molar-refractivity contribution < 1.29 is 14.3 Å². The van der Waals surface area contributed by atoms with Crippen LogP contribution in [0.4, 0.5) is 0 Å². The highest BCUT2D eigenvalue weighted by atomic mass is 16.5. The zero-order chi connectivity index (χ0) is 15.0. The molecule has 5 heteroatoms. The summed E-state index contributed by atoms with van der Waals surface area (Å²) in [6.07, 6.45) is 2.35. The summed E-state index contributed by atoms with van der Waals surface area (Å²) in [5, 5.41) is 0.919. The molecule has 0 radical (unpaired) electrons. The lowest BCUT2D eigenvalue weighted by atomic mass is 9.87. The van der Waals surface area contributed by atoms with E-state index in [1.807, 2.05) is 12.1 Å². The van der Waals surface area contributed by atoms with Crippen LogP contribution >= 0.6 is 0 Å². The first kappa shape index (κ1) is 13.8. The number of carbonyl (C=O) groups is 1. The number of ether oxygens (including phenoxy) is 2. The van der Waals surface area contributed by atoms with Crippen LogP contribution in [0.5, 0.6) is 0 Å². The fraction of sp³-hybridized carbons (Fsp3) is 0.375. The highest BCUT2D eigenvalue weighted by Crippen LogP contribution is 2.28. The van der Waals surface area contributed by atoms with Gasteiger partial charge in [-0.3, -0.25) is 4.79 Å². The van der Waals surface area contributed by atoms with E-state index >= 15 is 0 Å². The van der Waals surface area contributed by atoms with Gasteiger partial charge in [0.25, 0.3) is 5.56 Å². The fourth-order valence-electron chi connectivity index (χ4n) is 3.04. The van der Waals surface area contributed by atoms with Gasteiger partial charge in [0.2, 0.25) is 0 Å². The van der Waals surface area contributed by atoms with Gasteiger partial charge in [0.1, 0.15) is 0 Å². The van der Waals surface area contributed by atoms with Gasteiger partial charge in [0.15, 0.2) is 0 Å². The number of esters is 1. The first-order valence-electron chi connectivity index (χ1n) is 6.93. The number of para-hydroxylation sites is 1. The number of aryl methyl sites for hydroxylation is 1. The average molecular weight is 287 g/mol. The van der Waals surface area contributed by atoms with Gasteiger partial charge in [-0.05, 0) is 24.5 Å². The van der Waals surface area contributed by atoms with Crippen molar-refractivity contribution in [1.82, 2.24) is 4.98 Å². The molecule has 1 N–H and O–H groups in total. The third kappa shape index (κ3) is 2.23. The van der Waals surface area contributed by atoms with Crippen LogP contribution < -0.4 is 5.56 Å². The van der Waals surface area contributed by atoms with Crippen LogP contribution in [0.1, 0.15) is 27.9 Å². The normalized spacial score (nSPS) is 17.5. The number of hydrogen-bond acceptors (Lipinski definition) is 4. The molecule has 1 aromatic heterocycles. The van der Waals surface area contributed by atoms with E-state index in [4.69, 9.17) is 9.47 Å². The van der Waals surface area contributed by atoms with Gasteiger partial charge in [-0.2, -0.15) is 0 Å². The van der Waals surface area contributed by atoms with Crippen LogP contribution in [0.3, 0.4) is 0 Å². The first-order chi connectivity index (χ1) is 10.2. The molecule has 2 aromatic rings. The lowest BCUT2D eigenvalue weighted by Crippen LogP contribution is -2.28. The Kier molecular flexibility index (Phi) is 3.51. The molecule has 0 spiro atoms. The lowest BCUT2D eigenvalue weighted by molar-refractivity contribution is 0.0602. The molecule has 0 aliphatic heterocycles. The number of H-pyrrole nitrogens is 1. The topological polar surface area (TPSA) is 68.4 Å². The van der Waals surface area contributed by atoms with E-state index in [0.29, 0.717) is 17.5 Å². The second-order valence-corrected chi connectivity index (χ2v) is 5.23. The predicted molar refractivity (Wildman–Crippen MR) is 78.7 cm³/mol. The Labute approximate surface area is 121 Å². The number of fused-ring (bicyclic) bond motifs is 3. The highest BCUT2D eigenvalue weighted by Gasteiger charge is 2.24. The van der Waals surface area contributed by atoms with Crippen molar-refractivity contribution >= 4 is 16.9 Å². The minimum absolute atomic E-state index is 0.0832. The van der Waals surface area contributed by atoms with E-state index in [9.17, 15) is 9.59 Å². The molecule has 0 bridgehead atoms. The molecule has 5 nitrogen and oxygen atoms in total. The number of benzene rings is 1. The monoisotopic (exact) mass is 287 g/mol. The molecule has 0 amide bonds. The molecular weight excluding hydrogens is 270 g/mol. The Balaban J connectivity index is 2.26. The second-order valence-electron chi connectivity index (χ2n) is 5.23. The quantitative estimate of drug-likeness (QED) is 0.855. The van der Waals surface area contributed by atoms with Crippen LogP contribution in [-0.2, 0) is 22.3 Å². The summed E-state index contributed by atoms with van der Waals surface area (Å²) in [6.45, 7) is 0. The average Bonchev–Trinajstić information content (AvgIpc) is 2.53. The van der Waals surface area contributed by atoms with E-state index in [1.165, 1.54) is 7.11 Å². The minimum atomic E-state index is -0.443. The number of carbonyl (C=O) groups excluding carboxylic acids is 1. The third-order valence-electron chi connectivity index (χ3n) is 4.15. The fourth-order valence-corrected chi connectivity index (χ4v) is 3.04. The van der Waals surface area contributed by atoms with Crippen molar-refractivity contribution in [3.05, 3.63) is 45.2 Å². The largest absolute Gasteiger partial charge is 0.465 e. The summed E-state index contributed by atoms with van der Waals surface area (Å²) in [4.78, 5) is 27.0. The molecule has 3 rings (SSSR count). The Morgan fingerprint density at radius 1 is 1.29 bits per heavy atom.